The van der Waals surface area contributed by atoms with E-state index in [2.05, 4.69) is 19.7 Å². The molecule has 1 aromatic carbocycles. The molecule has 1 N–H and O–H groups in total. The summed E-state index contributed by atoms with van der Waals surface area (Å²) in [5, 5.41) is 4.90. The summed E-state index contributed by atoms with van der Waals surface area (Å²) in [5.41, 5.74) is 3.96. The highest BCUT2D eigenvalue weighted by Crippen LogP contribution is 2.29. The summed E-state index contributed by atoms with van der Waals surface area (Å²) in [6, 6.07) is 11.1. The number of nitrogens with zero attached hydrogens (tertiary/aromatic N) is 6. The van der Waals surface area contributed by atoms with Gasteiger partial charge in [-0.05, 0) is 24.3 Å². The van der Waals surface area contributed by atoms with Crippen molar-refractivity contribution in [3.63, 3.8) is 0 Å². The fourth-order valence-corrected chi connectivity index (χ4v) is 4.49. The van der Waals surface area contributed by atoms with Crippen molar-refractivity contribution < 1.29 is 8.42 Å². The molecule has 0 spiro atoms. The van der Waals surface area contributed by atoms with Crippen LogP contribution < -0.4 is 4.72 Å². The number of aromatic nitrogens is 5. The van der Waals surface area contributed by atoms with Gasteiger partial charge in [0.05, 0.1) is 36.4 Å². The van der Waals surface area contributed by atoms with Gasteiger partial charge in [0.1, 0.15) is 17.8 Å². The molecule has 9 nitrogen and oxygen atoms in total. The zero-order valence-corrected chi connectivity index (χ0v) is 18.3. The van der Waals surface area contributed by atoms with Gasteiger partial charge in [-0.3, -0.25) is 14.0 Å². The number of fused-ring (bicyclic) bond motifs is 2. The molecule has 11 heteroatoms. The first-order chi connectivity index (χ1) is 14.9. The van der Waals surface area contributed by atoms with Crippen LogP contribution in [0.1, 0.15) is 11.5 Å². The van der Waals surface area contributed by atoms with Crippen LogP contribution in [0.4, 0.5) is 5.69 Å². The van der Waals surface area contributed by atoms with Crippen molar-refractivity contribution in [2.24, 2.45) is 0 Å². The van der Waals surface area contributed by atoms with E-state index in [-0.39, 0.29) is 0 Å². The van der Waals surface area contributed by atoms with E-state index in [4.69, 9.17) is 16.6 Å². The lowest BCUT2D eigenvalue weighted by Gasteiger charge is -2.26. The Morgan fingerprint density at radius 2 is 1.94 bits per heavy atom. The second-order valence-corrected chi connectivity index (χ2v) is 9.73. The summed E-state index contributed by atoms with van der Waals surface area (Å²) in [6.07, 6.45) is 4.48. The number of imidazole rings is 1. The van der Waals surface area contributed by atoms with Gasteiger partial charge in [0, 0.05) is 29.9 Å². The normalized spacial score (nSPS) is 14.6. The van der Waals surface area contributed by atoms with Gasteiger partial charge in [-0.25, -0.2) is 23.1 Å². The maximum absolute atomic E-state index is 11.7. The average molecular weight is 458 g/mol. The zero-order chi connectivity index (χ0) is 21.6. The number of nitrogens with one attached hydrogen (secondary N) is 1. The molecule has 0 saturated carbocycles. The fraction of sp³-hybridized carbons (Fsp3) is 0.250. The van der Waals surface area contributed by atoms with Crippen molar-refractivity contribution in [3.8, 4) is 11.3 Å². The highest BCUT2D eigenvalue weighted by atomic mass is 35.5. The van der Waals surface area contributed by atoms with E-state index >= 15 is 0 Å². The predicted octanol–water partition coefficient (Wildman–Crippen LogP) is 2.63. The van der Waals surface area contributed by atoms with E-state index in [1.807, 2.05) is 39.4 Å². The van der Waals surface area contributed by atoms with Crippen molar-refractivity contribution in [2.75, 3.05) is 17.5 Å². The molecule has 0 bridgehead atoms. The lowest BCUT2D eigenvalue weighted by Crippen LogP contribution is -2.34. The topological polar surface area (TPSA) is 97.4 Å². The number of anilines is 1. The van der Waals surface area contributed by atoms with Crippen LogP contribution in [0.25, 0.3) is 16.9 Å². The van der Waals surface area contributed by atoms with Crippen molar-refractivity contribution in [1.82, 2.24) is 29.0 Å². The molecular formula is C20H20ClN7O2S. The Morgan fingerprint density at radius 3 is 2.71 bits per heavy atom. The van der Waals surface area contributed by atoms with E-state index in [9.17, 15) is 8.42 Å². The first kappa shape index (κ1) is 20.0. The highest BCUT2D eigenvalue weighted by Gasteiger charge is 2.22. The van der Waals surface area contributed by atoms with E-state index < -0.39 is 10.0 Å². The number of rotatable bonds is 5. The lowest BCUT2D eigenvalue weighted by molar-refractivity contribution is 0.199. The van der Waals surface area contributed by atoms with E-state index in [1.165, 1.54) is 0 Å². The van der Waals surface area contributed by atoms with Gasteiger partial charge in [-0.15, -0.1) is 0 Å². The van der Waals surface area contributed by atoms with Crippen LogP contribution >= 0.6 is 11.6 Å². The van der Waals surface area contributed by atoms with Gasteiger partial charge in [0.15, 0.2) is 0 Å². The number of benzene rings is 1. The molecule has 5 rings (SSSR count). The molecular weight excluding hydrogens is 438 g/mol. The first-order valence-corrected chi connectivity index (χ1v) is 12.0. The summed E-state index contributed by atoms with van der Waals surface area (Å²) in [6.45, 7) is 2.89. The molecule has 4 heterocycles. The molecule has 4 aromatic rings. The van der Waals surface area contributed by atoms with Crippen LogP contribution in [0.15, 0.2) is 48.9 Å². The zero-order valence-electron chi connectivity index (χ0n) is 16.7. The molecule has 0 fully saturated rings. The van der Waals surface area contributed by atoms with Crippen molar-refractivity contribution in [2.45, 2.75) is 19.6 Å². The lowest BCUT2D eigenvalue weighted by atomic mass is 10.1. The molecule has 1 aliphatic rings. The van der Waals surface area contributed by atoms with Crippen LogP contribution in [-0.4, -0.2) is 50.3 Å². The highest BCUT2D eigenvalue weighted by molar-refractivity contribution is 7.92. The summed E-state index contributed by atoms with van der Waals surface area (Å²) in [7, 11) is -3.39. The van der Waals surface area contributed by atoms with Crippen molar-refractivity contribution in [3.05, 3.63) is 65.5 Å². The van der Waals surface area contributed by atoms with Crippen LogP contribution in [0.3, 0.4) is 0 Å². The maximum atomic E-state index is 11.7. The Kier molecular flexibility index (Phi) is 4.92. The molecule has 0 aliphatic carbocycles. The Morgan fingerprint density at radius 1 is 1.13 bits per heavy atom. The minimum Gasteiger partial charge on any atom is -0.300 e. The van der Waals surface area contributed by atoms with E-state index in [1.54, 1.807) is 18.6 Å². The molecule has 160 valence electrons. The molecule has 31 heavy (non-hydrogen) atoms. The summed E-state index contributed by atoms with van der Waals surface area (Å²) in [5.74, 6) is 0.924. The van der Waals surface area contributed by atoms with Crippen LogP contribution in [0.2, 0.25) is 5.02 Å². The Balaban J connectivity index is 1.59. The quantitative estimate of drug-likeness (QED) is 0.494. The minimum absolute atomic E-state index is 0.481. The minimum atomic E-state index is -3.39. The SMILES string of the molecule is CS(=O)(=O)Nc1ccc2nc(-c3ccc(Cl)cc3)c(CN3CCn4ncnc4C3)n2c1. The van der Waals surface area contributed by atoms with Crippen molar-refractivity contribution in [1.29, 1.82) is 0 Å². The monoisotopic (exact) mass is 457 g/mol. The summed E-state index contributed by atoms with van der Waals surface area (Å²) in [4.78, 5) is 11.5. The average Bonchev–Trinajstić information content (AvgIpc) is 3.32. The molecule has 0 radical (unpaired) electrons. The molecule has 1 aliphatic heterocycles. The van der Waals surface area contributed by atoms with Crippen LogP contribution in [0, 0.1) is 0 Å². The van der Waals surface area contributed by atoms with Gasteiger partial charge in [0.25, 0.3) is 0 Å². The van der Waals surface area contributed by atoms with Crippen LogP contribution in [-0.2, 0) is 29.7 Å². The van der Waals surface area contributed by atoms with E-state index in [0.29, 0.717) is 23.8 Å². The van der Waals surface area contributed by atoms with Gasteiger partial charge in [0.2, 0.25) is 10.0 Å². The third-order valence-electron chi connectivity index (χ3n) is 5.20. The maximum Gasteiger partial charge on any atom is 0.229 e. The third kappa shape index (κ3) is 4.14. The van der Waals surface area contributed by atoms with Gasteiger partial charge in [-0.1, -0.05) is 23.7 Å². The van der Waals surface area contributed by atoms with Crippen LogP contribution in [0.5, 0.6) is 0 Å². The smallest absolute Gasteiger partial charge is 0.229 e. The molecule has 0 unspecified atom stereocenters. The molecule has 0 saturated heterocycles. The Labute approximate surface area is 184 Å². The largest absolute Gasteiger partial charge is 0.300 e. The molecule has 0 atom stereocenters. The predicted molar refractivity (Wildman–Crippen MR) is 118 cm³/mol. The van der Waals surface area contributed by atoms with Gasteiger partial charge in [-0.2, -0.15) is 5.10 Å². The van der Waals surface area contributed by atoms with Crippen molar-refractivity contribution >= 4 is 33.0 Å². The van der Waals surface area contributed by atoms with Gasteiger partial charge >= 0.3 is 0 Å². The van der Waals surface area contributed by atoms with E-state index in [0.717, 1.165) is 47.8 Å². The summed E-state index contributed by atoms with van der Waals surface area (Å²) >= 11 is 6.08. The molecule has 3 aromatic heterocycles. The Hall–Kier alpha value is -2.95. The number of halogens is 1. The molecule has 0 amide bonds. The third-order valence-corrected chi connectivity index (χ3v) is 6.06. The second kappa shape index (κ2) is 7.63. The fourth-order valence-electron chi connectivity index (χ4n) is 3.82. The number of hydrogen-bond acceptors (Lipinski definition) is 6. The Bertz CT molecular complexity index is 1360. The number of pyridine rings is 1. The number of sulfonamides is 1. The summed E-state index contributed by atoms with van der Waals surface area (Å²) < 4.78 is 29.8. The standard InChI is InChI=1S/C20H20ClN7O2S/c1-31(29,30)25-16-6-7-18-24-20(14-2-4-15(21)5-3-14)17(27(18)10-16)11-26-8-9-28-19(12-26)22-13-23-28/h2-7,10,13,25H,8-9,11-12H2,1H3. The second-order valence-electron chi connectivity index (χ2n) is 7.54. The first-order valence-electron chi connectivity index (χ1n) is 9.69. The van der Waals surface area contributed by atoms with Gasteiger partial charge < -0.3 is 0 Å². The number of hydrogen-bond donors (Lipinski definition) is 1.